The van der Waals surface area contributed by atoms with E-state index in [4.69, 9.17) is 0 Å². The van der Waals surface area contributed by atoms with Crippen molar-refractivity contribution in [3.63, 3.8) is 0 Å². The van der Waals surface area contributed by atoms with E-state index < -0.39 is 6.36 Å². The lowest BCUT2D eigenvalue weighted by atomic mass is 10.1. The molecule has 3 aromatic carbocycles. The average Bonchev–Trinajstić information content (AvgIpc) is 3.05. The van der Waals surface area contributed by atoms with Crippen LogP contribution in [0.15, 0.2) is 60.7 Å². The Bertz CT molecular complexity index is 1130. The summed E-state index contributed by atoms with van der Waals surface area (Å²) in [6.07, 6.45) is -3.72. The molecule has 0 amide bonds. The monoisotopic (exact) mass is 401 g/mol. The molecule has 0 bridgehead atoms. The number of benzene rings is 3. The minimum Gasteiger partial charge on any atom is -0.406 e. The van der Waals surface area contributed by atoms with Gasteiger partial charge in [-0.2, -0.15) is 0 Å². The lowest BCUT2D eigenvalue weighted by molar-refractivity contribution is -0.274. The lowest BCUT2D eigenvalue weighted by Crippen LogP contribution is -2.17. The summed E-state index contributed by atoms with van der Waals surface area (Å²) < 4.78 is 43.5. The number of anilines is 2. The maximum absolute atomic E-state index is 12.4. The summed E-state index contributed by atoms with van der Waals surface area (Å²) >= 11 is 1.76. The maximum atomic E-state index is 12.4. The fourth-order valence-electron chi connectivity index (χ4n) is 3.42. The molecule has 0 aliphatic heterocycles. The van der Waals surface area contributed by atoms with Crippen molar-refractivity contribution in [2.24, 2.45) is 0 Å². The molecule has 0 fully saturated rings. The first-order valence-corrected chi connectivity index (χ1v) is 9.71. The first-order valence-electron chi connectivity index (χ1n) is 8.90. The molecule has 6 heteroatoms. The molecule has 0 unspecified atom stereocenters. The van der Waals surface area contributed by atoms with Crippen molar-refractivity contribution in [1.82, 2.24) is 0 Å². The summed E-state index contributed by atoms with van der Waals surface area (Å²) in [5.41, 5.74) is 3.13. The van der Waals surface area contributed by atoms with E-state index in [-0.39, 0.29) is 5.75 Å². The van der Waals surface area contributed by atoms with E-state index in [1.807, 2.05) is 24.1 Å². The van der Waals surface area contributed by atoms with Gasteiger partial charge in [-0.1, -0.05) is 37.3 Å². The number of thiophene rings is 1. The van der Waals surface area contributed by atoms with Crippen LogP contribution < -0.4 is 9.64 Å². The minimum atomic E-state index is -4.69. The number of rotatable bonds is 4. The number of hydrogen-bond donors (Lipinski definition) is 0. The van der Waals surface area contributed by atoms with Crippen LogP contribution in [0.2, 0.25) is 0 Å². The number of halogens is 3. The second kappa shape index (κ2) is 7.02. The third kappa shape index (κ3) is 3.40. The maximum Gasteiger partial charge on any atom is 0.573 e. The fraction of sp³-hybridized carbons (Fsp3) is 0.182. The van der Waals surface area contributed by atoms with E-state index in [1.54, 1.807) is 23.5 Å². The van der Waals surface area contributed by atoms with Crippen molar-refractivity contribution in [1.29, 1.82) is 0 Å². The minimum absolute atomic E-state index is 0.225. The van der Waals surface area contributed by atoms with Gasteiger partial charge in [-0.05, 0) is 42.3 Å². The molecule has 0 aliphatic carbocycles. The smallest absolute Gasteiger partial charge is 0.406 e. The molecule has 2 nitrogen and oxygen atoms in total. The molecule has 0 atom stereocenters. The number of hydrogen-bond acceptors (Lipinski definition) is 3. The molecule has 1 aromatic heterocycles. The van der Waals surface area contributed by atoms with E-state index >= 15 is 0 Å². The van der Waals surface area contributed by atoms with Crippen LogP contribution >= 0.6 is 11.3 Å². The van der Waals surface area contributed by atoms with Gasteiger partial charge in [-0.3, -0.25) is 0 Å². The Balaban J connectivity index is 1.76. The van der Waals surface area contributed by atoms with Crippen LogP contribution in [-0.4, -0.2) is 13.4 Å². The third-order valence-electron chi connectivity index (χ3n) is 4.78. The Morgan fingerprint density at radius 2 is 1.54 bits per heavy atom. The Morgan fingerprint density at radius 3 is 2.18 bits per heavy atom. The molecule has 4 rings (SSSR count). The molecule has 0 aliphatic rings. The number of ether oxygens (including phenoxy) is 1. The first-order chi connectivity index (χ1) is 13.4. The number of fused-ring (bicyclic) bond motifs is 3. The summed E-state index contributed by atoms with van der Waals surface area (Å²) in [5.74, 6) is -0.225. The lowest BCUT2D eigenvalue weighted by Gasteiger charge is -2.20. The van der Waals surface area contributed by atoms with Gasteiger partial charge in [0.25, 0.3) is 0 Å². The second-order valence-electron chi connectivity index (χ2n) is 6.50. The Hall–Kier alpha value is -2.73. The molecule has 0 saturated carbocycles. The summed E-state index contributed by atoms with van der Waals surface area (Å²) in [7, 11) is 1.92. The summed E-state index contributed by atoms with van der Waals surface area (Å²) in [6, 6.07) is 18.5. The largest absolute Gasteiger partial charge is 0.573 e. The molecular formula is C22H18F3NOS. The van der Waals surface area contributed by atoms with Crippen LogP contribution in [0.5, 0.6) is 5.75 Å². The van der Waals surface area contributed by atoms with Gasteiger partial charge in [0, 0.05) is 28.2 Å². The number of alkyl halides is 3. The van der Waals surface area contributed by atoms with Crippen LogP contribution in [0.4, 0.5) is 24.5 Å². The van der Waals surface area contributed by atoms with Crippen LogP contribution in [-0.2, 0) is 6.42 Å². The van der Waals surface area contributed by atoms with E-state index in [1.165, 1.54) is 33.2 Å². The molecule has 144 valence electrons. The van der Waals surface area contributed by atoms with E-state index in [0.29, 0.717) is 0 Å². The molecule has 28 heavy (non-hydrogen) atoms. The van der Waals surface area contributed by atoms with E-state index in [2.05, 4.69) is 35.9 Å². The highest BCUT2D eigenvalue weighted by atomic mass is 32.1. The summed E-state index contributed by atoms with van der Waals surface area (Å²) in [5, 5.41) is 2.43. The van der Waals surface area contributed by atoms with Gasteiger partial charge in [0.2, 0.25) is 0 Å². The van der Waals surface area contributed by atoms with Crippen molar-refractivity contribution < 1.29 is 17.9 Å². The zero-order valence-electron chi connectivity index (χ0n) is 15.4. The Morgan fingerprint density at radius 1 is 0.893 bits per heavy atom. The standard InChI is InChI=1S/C22H18F3NOS/c1-3-14-6-4-7-17-18-8-5-9-19(21(18)28-20(14)17)26(2)15-10-12-16(13-11-15)27-22(23,24)25/h4-13H,3H2,1-2H3. The van der Waals surface area contributed by atoms with Gasteiger partial charge in [0.05, 0.1) is 10.4 Å². The molecule has 0 N–H and O–H groups in total. The Labute approximate surface area is 164 Å². The molecule has 0 radical (unpaired) electrons. The second-order valence-corrected chi connectivity index (χ2v) is 7.52. The van der Waals surface area contributed by atoms with E-state index in [9.17, 15) is 13.2 Å². The van der Waals surface area contributed by atoms with Gasteiger partial charge in [0.15, 0.2) is 0 Å². The van der Waals surface area contributed by atoms with Crippen LogP contribution in [0.1, 0.15) is 12.5 Å². The highest BCUT2D eigenvalue weighted by molar-refractivity contribution is 7.26. The Kier molecular flexibility index (Phi) is 4.67. The normalized spacial score (nSPS) is 11.9. The average molecular weight is 401 g/mol. The first kappa shape index (κ1) is 18.6. The molecule has 1 heterocycles. The SMILES string of the molecule is CCc1cccc2c1sc1c(N(C)c3ccc(OC(F)(F)F)cc3)cccc12. The highest BCUT2D eigenvalue weighted by Gasteiger charge is 2.31. The zero-order valence-corrected chi connectivity index (χ0v) is 16.2. The van der Waals surface area contributed by atoms with Gasteiger partial charge in [0.1, 0.15) is 5.75 Å². The van der Waals surface area contributed by atoms with Crippen LogP contribution in [0, 0.1) is 0 Å². The fourth-order valence-corrected chi connectivity index (χ4v) is 4.85. The van der Waals surface area contributed by atoms with Crippen LogP contribution in [0.25, 0.3) is 20.2 Å². The highest BCUT2D eigenvalue weighted by Crippen LogP contribution is 2.42. The van der Waals surface area contributed by atoms with Crippen molar-refractivity contribution in [3.8, 4) is 5.75 Å². The topological polar surface area (TPSA) is 12.5 Å². The molecule has 4 aromatic rings. The van der Waals surface area contributed by atoms with Crippen molar-refractivity contribution in [3.05, 3.63) is 66.2 Å². The quantitative estimate of drug-likeness (QED) is 0.356. The predicted molar refractivity (Wildman–Crippen MR) is 110 cm³/mol. The van der Waals surface area contributed by atoms with Gasteiger partial charge in [-0.15, -0.1) is 24.5 Å². The number of nitrogens with zero attached hydrogens (tertiary/aromatic N) is 1. The van der Waals surface area contributed by atoms with Crippen molar-refractivity contribution >= 4 is 42.9 Å². The number of aryl methyl sites for hydroxylation is 1. The van der Waals surface area contributed by atoms with Gasteiger partial charge < -0.3 is 9.64 Å². The predicted octanol–water partition coefficient (Wildman–Crippen LogP) is 7.28. The molecule has 0 spiro atoms. The molecule has 0 saturated heterocycles. The van der Waals surface area contributed by atoms with Crippen molar-refractivity contribution in [2.75, 3.05) is 11.9 Å². The summed E-state index contributed by atoms with van der Waals surface area (Å²) in [4.78, 5) is 1.99. The van der Waals surface area contributed by atoms with E-state index in [0.717, 1.165) is 22.5 Å². The summed E-state index contributed by atoms with van der Waals surface area (Å²) in [6.45, 7) is 2.15. The third-order valence-corrected chi connectivity index (χ3v) is 6.10. The zero-order chi connectivity index (χ0) is 19.9. The van der Waals surface area contributed by atoms with Crippen molar-refractivity contribution in [2.45, 2.75) is 19.7 Å². The van der Waals surface area contributed by atoms with Crippen LogP contribution in [0.3, 0.4) is 0 Å². The molecular weight excluding hydrogens is 383 g/mol. The van der Waals surface area contributed by atoms with Gasteiger partial charge >= 0.3 is 6.36 Å². The van der Waals surface area contributed by atoms with Gasteiger partial charge in [-0.25, -0.2) is 0 Å².